The molecule has 0 radical (unpaired) electrons. The molecule has 3 aromatic rings. The van der Waals surface area contributed by atoms with Gasteiger partial charge in [-0.2, -0.15) is 13.2 Å². The maximum absolute atomic E-state index is 12.9. The number of urea groups is 1. The van der Waals surface area contributed by atoms with Crippen molar-refractivity contribution in [2.75, 3.05) is 17.7 Å². The minimum Gasteiger partial charge on any atom is -0.457 e. The van der Waals surface area contributed by atoms with Gasteiger partial charge in [0.25, 0.3) is 5.91 Å². The van der Waals surface area contributed by atoms with Crippen LogP contribution in [0.3, 0.4) is 0 Å². The fraction of sp³-hybridized carbons (Fsp3) is 0.0952. The molecule has 3 rings (SSSR count). The van der Waals surface area contributed by atoms with Gasteiger partial charge in [-0.15, -0.1) is 0 Å². The lowest BCUT2D eigenvalue weighted by molar-refractivity contribution is -0.137. The first kappa shape index (κ1) is 29.5. The molecule has 0 saturated carbocycles. The van der Waals surface area contributed by atoms with Gasteiger partial charge in [-0.05, 0) is 48.5 Å². The zero-order chi connectivity index (χ0) is 27.8. The summed E-state index contributed by atoms with van der Waals surface area (Å²) >= 11 is 5.57. The average molecular weight is 563 g/mol. The number of amides is 3. The van der Waals surface area contributed by atoms with E-state index >= 15 is 0 Å². The van der Waals surface area contributed by atoms with Crippen molar-refractivity contribution in [2.45, 2.75) is 6.18 Å². The second-order valence-corrected chi connectivity index (χ2v) is 8.30. The van der Waals surface area contributed by atoms with E-state index in [0.29, 0.717) is 17.2 Å². The fourth-order valence-electron chi connectivity index (χ4n) is 2.58. The predicted molar refractivity (Wildman–Crippen MR) is 128 cm³/mol. The van der Waals surface area contributed by atoms with E-state index in [1.54, 1.807) is 30.3 Å². The topological polar surface area (TPSA) is 170 Å². The van der Waals surface area contributed by atoms with Gasteiger partial charge in [0.1, 0.15) is 17.2 Å². The average Bonchev–Trinajstić information content (AvgIpc) is 2.79. The number of hydrogen-bond donors (Lipinski definition) is 6. The van der Waals surface area contributed by atoms with E-state index in [2.05, 4.69) is 20.9 Å². The molecule has 0 aliphatic rings. The molecular formula is C21H19ClF3N4O7P. The quantitative estimate of drug-likeness (QED) is 0.245. The SMILES string of the molecule is CNC(=O)c1cc(Oc2ccc(NC(=O)Nc3ccc(Cl)c(C(F)(F)F)c3)cc2)ccn1.O=P(O)(O)O. The van der Waals surface area contributed by atoms with Gasteiger partial charge in [0.15, 0.2) is 0 Å². The van der Waals surface area contributed by atoms with Gasteiger partial charge in [-0.25, -0.2) is 9.36 Å². The summed E-state index contributed by atoms with van der Waals surface area (Å²) in [4.78, 5) is 49.3. The molecule has 0 unspecified atom stereocenters. The van der Waals surface area contributed by atoms with Gasteiger partial charge in [-0.3, -0.25) is 9.78 Å². The molecule has 11 nitrogen and oxygen atoms in total. The van der Waals surface area contributed by atoms with Crippen molar-refractivity contribution in [3.63, 3.8) is 0 Å². The summed E-state index contributed by atoms with van der Waals surface area (Å²) in [6.45, 7) is 0. The maximum atomic E-state index is 12.9. The summed E-state index contributed by atoms with van der Waals surface area (Å²) in [6.07, 6.45) is -3.21. The molecule has 37 heavy (non-hydrogen) atoms. The van der Waals surface area contributed by atoms with Gasteiger partial charge in [0.05, 0.1) is 10.6 Å². The number of carbonyl (C=O) groups excluding carboxylic acids is 2. The zero-order valence-corrected chi connectivity index (χ0v) is 20.3. The molecule has 198 valence electrons. The number of pyridine rings is 1. The monoisotopic (exact) mass is 562 g/mol. The fourth-order valence-corrected chi connectivity index (χ4v) is 2.81. The Hall–Kier alpha value is -3.68. The molecule has 6 N–H and O–H groups in total. The largest absolute Gasteiger partial charge is 0.466 e. The van der Waals surface area contributed by atoms with Crippen LogP contribution >= 0.6 is 19.4 Å². The second-order valence-electron chi connectivity index (χ2n) is 6.87. The predicted octanol–water partition coefficient (Wildman–Crippen LogP) is 4.62. The molecule has 0 saturated heterocycles. The van der Waals surface area contributed by atoms with Gasteiger partial charge in [0.2, 0.25) is 0 Å². The van der Waals surface area contributed by atoms with Crippen LogP contribution in [0.15, 0.2) is 60.8 Å². The normalized spacial score (nSPS) is 11.0. The van der Waals surface area contributed by atoms with E-state index < -0.39 is 30.6 Å². The number of nitrogens with one attached hydrogen (secondary N) is 3. The van der Waals surface area contributed by atoms with Crippen LogP contribution in [0.25, 0.3) is 0 Å². The third kappa shape index (κ3) is 10.5. The Morgan fingerprint density at radius 1 is 0.946 bits per heavy atom. The minimum absolute atomic E-state index is 0.0659. The van der Waals surface area contributed by atoms with Crippen LogP contribution in [0.5, 0.6) is 11.5 Å². The molecule has 0 atom stereocenters. The molecule has 0 bridgehead atoms. The number of halogens is 4. The molecule has 0 aliphatic carbocycles. The highest BCUT2D eigenvalue weighted by atomic mass is 35.5. The molecule has 1 aromatic heterocycles. The summed E-state index contributed by atoms with van der Waals surface area (Å²) in [6, 6.07) is 11.6. The number of alkyl halides is 3. The summed E-state index contributed by atoms with van der Waals surface area (Å²) in [5, 5.41) is 6.83. The first-order chi connectivity index (χ1) is 17.2. The first-order valence-electron chi connectivity index (χ1n) is 9.85. The minimum atomic E-state index is -4.64. The van der Waals surface area contributed by atoms with Crippen molar-refractivity contribution in [3.8, 4) is 11.5 Å². The lowest BCUT2D eigenvalue weighted by atomic mass is 10.2. The molecule has 0 spiro atoms. The molecule has 2 aromatic carbocycles. The molecule has 0 aliphatic heterocycles. The van der Waals surface area contributed by atoms with E-state index in [4.69, 9.17) is 35.6 Å². The molecule has 1 heterocycles. The second kappa shape index (κ2) is 12.5. The first-order valence-corrected chi connectivity index (χ1v) is 11.8. The highest BCUT2D eigenvalue weighted by Crippen LogP contribution is 2.36. The third-order valence-electron chi connectivity index (χ3n) is 4.07. The summed E-state index contributed by atoms with van der Waals surface area (Å²) < 4.78 is 53.4. The maximum Gasteiger partial charge on any atom is 0.466 e. The summed E-state index contributed by atoms with van der Waals surface area (Å²) in [5.74, 6) is 0.460. The summed E-state index contributed by atoms with van der Waals surface area (Å²) in [5.41, 5.74) is -0.547. The molecule has 0 fully saturated rings. The smallest absolute Gasteiger partial charge is 0.457 e. The Morgan fingerprint density at radius 2 is 1.51 bits per heavy atom. The number of benzene rings is 2. The van der Waals surface area contributed by atoms with Crippen LogP contribution in [0, 0.1) is 0 Å². The van der Waals surface area contributed by atoms with Crippen LogP contribution in [0.1, 0.15) is 16.1 Å². The van der Waals surface area contributed by atoms with Gasteiger partial charge >= 0.3 is 20.0 Å². The molecule has 3 amide bonds. The van der Waals surface area contributed by atoms with Crippen LogP contribution in [-0.4, -0.2) is 38.7 Å². The Kier molecular flexibility index (Phi) is 10.00. The van der Waals surface area contributed by atoms with Gasteiger partial charge < -0.3 is 35.4 Å². The Morgan fingerprint density at radius 3 is 2.08 bits per heavy atom. The number of carbonyl (C=O) groups is 2. The van der Waals surface area contributed by atoms with Crippen LogP contribution in [-0.2, 0) is 10.7 Å². The third-order valence-corrected chi connectivity index (χ3v) is 4.40. The van der Waals surface area contributed by atoms with E-state index in [0.717, 1.165) is 12.1 Å². The Balaban J connectivity index is 0.000000877. The van der Waals surface area contributed by atoms with E-state index in [9.17, 15) is 22.8 Å². The van der Waals surface area contributed by atoms with Gasteiger partial charge in [0, 0.05) is 30.7 Å². The lowest BCUT2D eigenvalue weighted by Gasteiger charge is -2.12. The van der Waals surface area contributed by atoms with E-state index in [1.807, 2.05) is 0 Å². The van der Waals surface area contributed by atoms with Crippen molar-refractivity contribution >= 4 is 42.7 Å². The van der Waals surface area contributed by atoms with E-state index in [1.165, 1.54) is 25.4 Å². The van der Waals surface area contributed by atoms with E-state index in [-0.39, 0.29) is 17.3 Å². The standard InChI is InChI=1S/C21H16ClF3N4O3.H3O4P/c1-26-19(30)18-11-15(8-9-27-18)32-14-5-2-12(3-6-14)28-20(31)29-13-4-7-17(22)16(10-13)21(23,24)25;1-5(2,3)4/h2-11H,1H3,(H,26,30)(H2,28,29,31);(H3,1,2,3,4). The van der Waals surface area contributed by atoms with Crippen molar-refractivity contribution in [1.29, 1.82) is 0 Å². The zero-order valence-electron chi connectivity index (χ0n) is 18.7. The van der Waals surface area contributed by atoms with Crippen molar-refractivity contribution in [1.82, 2.24) is 10.3 Å². The number of ether oxygens (including phenoxy) is 1. The number of hydrogen-bond acceptors (Lipinski definition) is 5. The summed E-state index contributed by atoms with van der Waals surface area (Å²) in [7, 11) is -3.15. The Bertz CT molecular complexity index is 1300. The number of rotatable bonds is 5. The number of nitrogens with zero attached hydrogens (tertiary/aromatic N) is 1. The van der Waals surface area contributed by atoms with Crippen molar-refractivity contribution in [3.05, 3.63) is 77.1 Å². The van der Waals surface area contributed by atoms with Crippen molar-refractivity contribution < 1.29 is 46.7 Å². The lowest BCUT2D eigenvalue weighted by Crippen LogP contribution is -2.19. The highest BCUT2D eigenvalue weighted by molar-refractivity contribution is 7.45. The molecular weight excluding hydrogens is 544 g/mol. The number of phosphoric acid groups is 1. The number of anilines is 2. The molecule has 16 heteroatoms. The van der Waals surface area contributed by atoms with Crippen LogP contribution in [0.2, 0.25) is 5.02 Å². The van der Waals surface area contributed by atoms with Crippen LogP contribution in [0.4, 0.5) is 29.3 Å². The van der Waals surface area contributed by atoms with Gasteiger partial charge in [-0.1, -0.05) is 11.6 Å². The van der Waals surface area contributed by atoms with Crippen molar-refractivity contribution in [2.24, 2.45) is 0 Å². The van der Waals surface area contributed by atoms with Crippen LogP contribution < -0.4 is 20.7 Å². The highest BCUT2D eigenvalue weighted by Gasteiger charge is 2.33. The Labute approximate surface area is 212 Å². The number of aromatic nitrogens is 1.